The molecule has 10 heteroatoms. The maximum atomic E-state index is 16.9. The summed E-state index contributed by atoms with van der Waals surface area (Å²) >= 11 is 0. The number of hydrogen-bond donors (Lipinski definition) is 0. The van der Waals surface area contributed by atoms with Crippen LogP contribution in [-0.2, 0) is 0 Å². The van der Waals surface area contributed by atoms with Crippen molar-refractivity contribution in [3.8, 4) is 22.3 Å². The summed E-state index contributed by atoms with van der Waals surface area (Å²) in [5.74, 6) is -4.12. The highest BCUT2D eigenvalue weighted by atomic mass is 28.3. The van der Waals surface area contributed by atoms with E-state index in [1.54, 1.807) is 0 Å². The van der Waals surface area contributed by atoms with Crippen LogP contribution < -0.4 is 20.2 Å². The summed E-state index contributed by atoms with van der Waals surface area (Å²) in [6.45, 7) is 13.5. The average Bonchev–Trinajstić information content (AvgIpc) is 3.30. The standard InChI is InChI=1S/C58H46F6N2Si2/c1-67(2,3)45-23-19-43(20-24-45)65(57-49(31-41(61)33-51(57)63)35-7-15-39(59)16-8-35)53-29-13-37-12-28-48-54(30-14-38-11-27-47(53)55(37)56(38)48)66(44-21-25-46(26-22-44)68(4,5)6)58-50(32-42(62)34-52(58)64)36-9-17-40(60)18-10-36/h7-34H,1-6H3. The molecular weight excluding hydrogens is 895 g/mol. The molecule has 0 unspecified atom stereocenters. The quantitative estimate of drug-likeness (QED) is 0.0766. The Morgan fingerprint density at radius 3 is 1.01 bits per heavy atom. The summed E-state index contributed by atoms with van der Waals surface area (Å²) in [5, 5.41) is 7.38. The van der Waals surface area contributed by atoms with Gasteiger partial charge >= 0.3 is 0 Å². The van der Waals surface area contributed by atoms with Crippen LogP contribution in [0.5, 0.6) is 0 Å². The number of benzene rings is 10. The molecule has 0 amide bonds. The highest BCUT2D eigenvalue weighted by molar-refractivity contribution is 6.89. The van der Waals surface area contributed by atoms with Crippen LogP contribution in [0.25, 0.3) is 54.6 Å². The first-order chi connectivity index (χ1) is 32.4. The molecule has 68 heavy (non-hydrogen) atoms. The van der Waals surface area contributed by atoms with Crippen molar-refractivity contribution in [2.75, 3.05) is 9.80 Å². The zero-order chi connectivity index (χ0) is 47.8. The molecule has 0 bridgehead atoms. The first-order valence-corrected chi connectivity index (χ1v) is 29.5. The van der Waals surface area contributed by atoms with Crippen LogP contribution in [0.4, 0.5) is 60.5 Å². The smallest absolute Gasteiger partial charge is 0.150 e. The summed E-state index contributed by atoms with van der Waals surface area (Å²) in [4.78, 5) is 3.62. The van der Waals surface area contributed by atoms with Gasteiger partial charge in [0.1, 0.15) is 23.3 Å². The molecule has 0 aromatic heterocycles. The van der Waals surface area contributed by atoms with Crippen LogP contribution in [0.3, 0.4) is 0 Å². The molecule has 0 spiro atoms. The van der Waals surface area contributed by atoms with Crippen LogP contribution >= 0.6 is 0 Å². The Morgan fingerprint density at radius 1 is 0.338 bits per heavy atom. The number of nitrogens with zero attached hydrogens (tertiary/aromatic N) is 2. The number of halogens is 6. The minimum Gasteiger partial charge on any atom is -0.307 e. The average molecular weight is 941 g/mol. The highest BCUT2D eigenvalue weighted by Crippen LogP contribution is 2.51. The van der Waals surface area contributed by atoms with Gasteiger partial charge in [-0.05, 0) is 105 Å². The Bertz CT molecular complexity index is 3290. The van der Waals surface area contributed by atoms with Crippen molar-refractivity contribution in [2.45, 2.75) is 39.3 Å². The summed E-state index contributed by atoms with van der Waals surface area (Å²) < 4.78 is 93.2. The predicted molar refractivity (Wildman–Crippen MR) is 276 cm³/mol. The molecule has 0 aliphatic heterocycles. The maximum Gasteiger partial charge on any atom is 0.150 e. The van der Waals surface area contributed by atoms with Crippen molar-refractivity contribution in [3.63, 3.8) is 0 Å². The van der Waals surface area contributed by atoms with Crippen LogP contribution in [0.2, 0.25) is 39.3 Å². The fourth-order valence-electron chi connectivity index (χ4n) is 9.44. The van der Waals surface area contributed by atoms with E-state index in [9.17, 15) is 8.78 Å². The van der Waals surface area contributed by atoms with Crippen molar-refractivity contribution in [1.29, 1.82) is 0 Å². The molecule has 10 aromatic rings. The van der Waals surface area contributed by atoms with Crippen molar-refractivity contribution in [3.05, 3.63) is 205 Å². The second-order valence-electron chi connectivity index (χ2n) is 19.4. The van der Waals surface area contributed by atoms with E-state index in [2.05, 4.69) is 63.5 Å². The molecule has 338 valence electrons. The molecule has 0 saturated heterocycles. The molecule has 0 fully saturated rings. The fraction of sp³-hybridized carbons (Fsp3) is 0.103. The molecule has 2 nitrogen and oxygen atoms in total. The minimum absolute atomic E-state index is 0.0857. The lowest BCUT2D eigenvalue weighted by Gasteiger charge is -2.32. The molecule has 10 aromatic carbocycles. The first-order valence-electron chi connectivity index (χ1n) is 22.5. The molecule has 0 saturated carbocycles. The molecule has 0 N–H and O–H groups in total. The van der Waals surface area contributed by atoms with E-state index in [0.29, 0.717) is 33.9 Å². The van der Waals surface area contributed by atoms with Gasteiger partial charge in [0.25, 0.3) is 0 Å². The topological polar surface area (TPSA) is 6.48 Å². The zero-order valence-corrected chi connectivity index (χ0v) is 40.3. The molecule has 0 aliphatic rings. The Labute approximate surface area is 393 Å². The van der Waals surface area contributed by atoms with Crippen molar-refractivity contribution >= 4 is 93.0 Å². The van der Waals surface area contributed by atoms with Gasteiger partial charge < -0.3 is 9.80 Å². The predicted octanol–water partition coefficient (Wildman–Crippen LogP) is 16.8. The van der Waals surface area contributed by atoms with E-state index >= 15 is 17.6 Å². The molecule has 0 radical (unpaired) electrons. The van der Waals surface area contributed by atoms with Crippen LogP contribution in [0, 0.1) is 34.9 Å². The van der Waals surface area contributed by atoms with Crippen LogP contribution in [0.15, 0.2) is 170 Å². The SMILES string of the molecule is C[Si](C)(C)c1ccc(N(c2c(F)cc(F)cc2-c2ccc(F)cc2)c2ccc3ccc4c(N(c5ccc([Si](C)(C)C)cc5)c5c(F)cc(F)cc5-c5ccc(F)cc5)ccc5ccc2c3c54)cc1. The van der Waals surface area contributed by atoms with E-state index in [1.807, 2.05) is 82.6 Å². The second kappa shape index (κ2) is 16.9. The summed E-state index contributed by atoms with van der Waals surface area (Å²) in [6.07, 6.45) is 0. The summed E-state index contributed by atoms with van der Waals surface area (Å²) in [7, 11) is -3.54. The third kappa shape index (κ3) is 8.01. The van der Waals surface area contributed by atoms with E-state index in [0.717, 1.165) is 44.5 Å². The van der Waals surface area contributed by atoms with E-state index in [4.69, 9.17) is 0 Å². The lowest BCUT2D eigenvalue weighted by atomic mass is 9.91. The largest absolute Gasteiger partial charge is 0.307 e. The fourth-order valence-corrected chi connectivity index (χ4v) is 11.8. The zero-order valence-electron chi connectivity index (χ0n) is 38.3. The lowest BCUT2D eigenvalue weighted by Crippen LogP contribution is -2.37. The Kier molecular flexibility index (Phi) is 11.1. The Balaban J connectivity index is 1.26. The van der Waals surface area contributed by atoms with Crippen molar-refractivity contribution in [1.82, 2.24) is 0 Å². The third-order valence-corrected chi connectivity index (χ3v) is 17.0. The molecule has 0 atom stereocenters. The minimum atomic E-state index is -1.77. The van der Waals surface area contributed by atoms with Gasteiger partial charge in [-0.2, -0.15) is 0 Å². The summed E-state index contributed by atoms with van der Waals surface area (Å²) in [5.41, 5.74) is 3.97. The van der Waals surface area contributed by atoms with E-state index in [1.165, 1.54) is 71.0 Å². The number of rotatable bonds is 10. The molecule has 0 aliphatic carbocycles. The van der Waals surface area contributed by atoms with Gasteiger partial charge in [0.2, 0.25) is 0 Å². The van der Waals surface area contributed by atoms with Gasteiger partial charge in [0.05, 0.1) is 38.9 Å². The maximum absolute atomic E-state index is 16.9. The van der Waals surface area contributed by atoms with Gasteiger partial charge in [-0.3, -0.25) is 0 Å². The Hall–Kier alpha value is -7.15. The third-order valence-electron chi connectivity index (χ3n) is 12.9. The second-order valence-corrected chi connectivity index (χ2v) is 29.6. The molecular formula is C58H46F6N2Si2. The monoisotopic (exact) mass is 940 g/mol. The number of anilines is 6. The first kappa shape index (κ1) is 44.7. The Morgan fingerprint density at radius 2 is 0.676 bits per heavy atom. The lowest BCUT2D eigenvalue weighted by molar-refractivity contribution is 0.584. The van der Waals surface area contributed by atoms with Gasteiger partial charge in [-0.25, -0.2) is 26.3 Å². The molecule has 10 rings (SSSR count). The normalized spacial score (nSPS) is 12.1. The van der Waals surface area contributed by atoms with Crippen molar-refractivity contribution < 1.29 is 26.3 Å². The molecule has 0 heterocycles. The van der Waals surface area contributed by atoms with Crippen LogP contribution in [-0.4, -0.2) is 16.1 Å². The highest BCUT2D eigenvalue weighted by Gasteiger charge is 2.29. The van der Waals surface area contributed by atoms with E-state index < -0.39 is 51.1 Å². The number of hydrogen-bond acceptors (Lipinski definition) is 2. The van der Waals surface area contributed by atoms with Crippen molar-refractivity contribution in [2.24, 2.45) is 0 Å². The van der Waals surface area contributed by atoms with Gasteiger partial charge in [-0.15, -0.1) is 0 Å². The van der Waals surface area contributed by atoms with Gasteiger partial charge in [0.15, 0.2) is 11.6 Å². The van der Waals surface area contributed by atoms with Gasteiger partial charge in [-0.1, -0.05) is 135 Å². The summed E-state index contributed by atoms with van der Waals surface area (Å²) in [6, 6.07) is 47.4. The van der Waals surface area contributed by atoms with Crippen LogP contribution in [0.1, 0.15) is 0 Å². The van der Waals surface area contributed by atoms with Gasteiger partial charge in [0, 0.05) is 45.4 Å². The van der Waals surface area contributed by atoms with E-state index in [-0.39, 0.29) is 22.5 Å².